The number of thioether (sulfide) groups is 1. The SMILES string of the molecule is COc1cc(/C=C2\SC(=Nc3cccc(C(=O)[O-])c3)N(C)C2=O)ccc1OCc1ccccc1F. The summed E-state index contributed by atoms with van der Waals surface area (Å²) in [5.41, 5.74) is 1.52. The van der Waals surface area contributed by atoms with Crippen molar-refractivity contribution in [2.24, 2.45) is 4.99 Å². The number of carboxylic acids is 1. The predicted molar refractivity (Wildman–Crippen MR) is 130 cm³/mol. The fraction of sp³-hybridized carbons (Fsp3) is 0.115. The van der Waals surface area contributed by atoms with Crippen molar-refractivity contribution >= 4 is 40.6 Å². The van der Waals surface area contributed by atoms with Crippen molar-refractivity contribution in [1.29, 1.82) is 0 Å². The molecule has 1 fully saturated rings. The number of aromatic carboxylic acids is 1. The summed E-state index contributed by atoms with van der Waals surface area (Å²) in [4.78, 5) is 30.1. The number of benzene rings is 3. The molecule has 0 aliphatic carbocycles. The minimum Gasteiger partial charge on any atom is -0.545 e. The summed E-state index contributed by atoms with van der Waals surface area (Å²) in [7, 11) is 3.09. The van der Waals surface area contributed by atoms with E-state index in [1.165, 1.54) is 42.0 Å². The summed E-state index contributed by atoms with van der Waals surface area (Å²) in [5.74, 6) is -1.02. The Morgan fingerprint density at radius 3 is 2.66 bits per heavy atom. The number of methoxy groups -OCH3 is 1. The molecule has 0 radical (unpaired) electrons. The van der Waals surface area contributed by atoms with E-state index >= 15 is 0 Å². The molecule has 0 aromatic heterocycles. The highest BCUT2D eigenvalue weighted by atomic mass is 32.2. The summed E-state index contributed by atoms with van der Waals surface area (Å²) < 4.78 is 25.0. The van der Waals surface area contributed by atoms with Crippen molar-refractivity contribution < 1.29 is 28.6 Å². The molecule has 0 bridgehead atoms. The number of aliphatic imine (C=N–C) groups is 1. The van der Waals surface area contributed by atoms with Gasteiger partial charge < -0.3 is 19.4 Å². The molecule has 4 rings (SSSR count). The average Bonchev–Trinajstić information content (AvgIpc) is 3.11. The number of halogens is 1. The van der Waals surface area contributed by atoms with Crippen LogP contribution in [-0.2, 0) is 11.4 Å². The fourth-order valence-electron chi connectivity index (χ4n) is 3.28. The Labute approximate surface area is 205 Å². The van der Waals surface area contributed by atoms with Crippen molar-refractivity contribution in [3.63, 3.8) is 0 Å². The van der Waals surface area contributed by atoms with Crippen molar-refractivity contribution in [2.45, 2.75) is 6.61 Å². The molecule has 1 amide bonds. The van der Waals surface area contributed by atoms with Gasteiger partial charge in [-0.05, 0) is 59.3 Å². The molecule has 35 heavy (non-hydrogen) atoms. The van der Waals surface area contributed by atoms with Crippen LogP contribution >= 0.6 is 11.8 Å². The predicted octanol–water partition coefficient (Wildman–Crippen LogP) is 4.01. The maximum absolute atomic E-state index is 13.9. The standard InChI is InChI=1S/C26H21FN2O5S/c1-29-24(30)23(35-26(29)28-19-8-5-7-17(14-19)25(31)32)13-16-10-11-21(22(12-16)33-2)34-15-18-6-3-4-9-20(18)27/h3-14H,15H2,1-2H3,(H,31,32)/p-1/b23-13-,28-26?. The third kappa shape index (κ3) is 5.52. The quantitative estimate of drug-likeness (QED) is 0.464. The van der Waals surface area contributed by atoms with Gasteiger partial charge in [0.05, 0.1) is 23.7 Å². The summed E-state index contributed by atoms with van der Waals surface area (Å²) in [6.07, 6.45) is 1.70. The molecule has 0 saturated carbocycles. The van der Waals surface area contributed by atoms with E-state index in [0.717, 1.165) is 0 Å². The first-order chi connectivity index (χ1) is 16.9. The molecule has 0 unspecified atom stereocenters. The van der Waals surface area contributed by atoms with Crippen molar-refractivity contribution in [3.05, 3.63) is 94.1 Å². The normalized spacial score (nSPS) is 15.6. The van der Waals surface area contributed by atoms with Crippen LogP contribution in [-0.4, -0.2) is 36.1 Å². The third-order valence-corrected chi connectivity index (χ3v) is 6.20. The van der Waals surface area contributed by atoms with Gasteiger partial charge in [0.25, 0.3) is 5.91 Å². The van der Waals surface area contributed by atoms with E-state index < -0.39 is 5.97 Å². The molecule has 178 valence electrons. The lowest BCUT2D eigenvalue weighted by atomic mass is 10.1. The topological polar surface area (TPSA) is 91.3 Å². The molecule has 1 aliphatic rings. The largest absolute Gasteiger partial charge is 0.545 e. The Balaban J connectivity index is 1.54. The molecule has 3 aromatic rings. The minimum absolute atomic E-state index is 0.00370. The van der Waals surface area contributed by atoms with Gasteiger partial charge >= 0.3 is 0 Å². The Kier molecular flexibility index (Phi) is 7.17. The number of hydrogen-bond donors (Lipinski definition) is 0. The van der Waals surface area contributed by atoms with Crippen LogP contribution in [0.15, 0.2) is 76.6 Å². The first-order valence-electron chi connectivity index (χ1n) is 10.5. The van der Waals surface area contributed by atoms with Gasteiger partial charge in [0.15, 0.2) is 16.7 Å². The number of ether oxygens (including phenoxy) is 2. The van der Waals surface area contributed by atoms with E-state index in [4.69, 9.17) is 9.47 Å². The lowest BCUT2D eigenvalue weighted by Crippen LogP contribution is -2.23. The van der Waals surface area contributed by atoms with Gasteiger partial charge in [-0.3, -0.25) is 9.69 Å². The van der Waals surface area contributed by atoms with Crippen LogP contribution in [0.4, 0.5) is 10.1 Å². The number of hydrogen-bond acceptors (Lipinski definition) is 7. The van der Waals surface area contributed by atoms with Gasteiger partial charge in [-0.2, -0.15) is 0 Å². The first-order valence-corrected chi connectivity index (χ1v) is 11.3. The van der Waals surface area contributed by atoms with E-state index in [1.54, 1.807) is 61.7 Å². The van der Waals surface area contributed by atoms with Gasteiger partial charge in [-0.15, -0.1) is 0 Å². The zero-order valence-electron chi connectivity index (χ0n) is 18.9. The Morgan fingerprint density at radius 1 is 1.11 bits per heavy atom. The lowest BCUT2D eigenvalue weighted by Gasteiger charge is -2.12. The highest BCUT2D eigenvalue weighted by Crippen LogP contribution is 2.35. The maximum Gasteiger partial charge on any atom is 0.266 e. The van der Waals surface area contributed by atoms with Gasteiger partial charge in [0.1, 0.15) is 12.4 Å². The van der Waals surface area contributed by atoms with E-state index in [1.807, 2.05) is 0 Å². The molecule has 1 heterocycles. The second-order valence-corrected chi connectivity index (χ2v) is 8.51. The highest BCUT2D eigenvalue weighted by molar-refractivity contribution is 8.18. The van der Waals surface area contributed by atoms with Crippen LogP contribution in [0, 0.1) is 5.82 Å². The first kappa shape index (κ1) is 24.0. The average molecular weight is 492 g/mol. The van der Waals surface area contributed by atoms with E-state index in [-0.39, 0.29) is 23.9 Å². The summed E-state index contributed by atoms with van der Waals surface area (Å²) in [5, 5.41) is 11.5. The lowest BCUT2D eigenvalue weighted by molar-refractivity contribution is -0.255. The Bertz CT molecular complexity index is 1360. The van der Waals surface area contributed by atoms with Crippen molar-refractivity contribution in [2.75, 3.05) is 14.2 Å². The van der Waals surface area contributed by atoms with Crippen LogP contribution < -0.4 is 14.6 Å². The number of likely N-dealkylation sites (N-methyl/N-ethyl adjacent to an activating group) is 1. The Morgan fingerprint density at radius 2 is 1.91 bits per heavy atom. The third-order valence-electron chi connectivity index (χ3n) is 5.14. The monoisotopic (exact) mass is 491 g/mol. The number of carbonyl (C=O) groups is 2. The van der Waals surface area contributed by atoms with Crippen LogP contribution in [0.1, 0.15) is 21.5 Å². The summed E-state index contributed by atoms with van der Waals surface area (Å²) >= 11 is 1.17. The highest BCUT2D eigenvalue weighted by Gasteiger charge is 2.30. The number of carbonyl (C=O) groups excluding carboxylic acids is 2. The minimum atomic E-state index is -1.30. The van der Waals surface area contributed by atoms with Crippen LogP contribution in [0.3, 0.4) is 0 Å². The molecule has 1 aliphatic heterocycles. The summed E-state index contributed by atoms with van der Waals surface area (Å²) in [6, 6.07) is 17.5. The second kappa shape index (κ2) is 10.4. The van der Waals surface area contributed by atoms with E-state index in [2.05, 4.69) is 4.99 Å². The van der Waals surface area contributed by atoms with Gasteiger partial charge in [-0.25, -0.2) is 9.38 Å². The molecular formula is C26H20FN2O5S-. The van der Waals surface area contributed by atoms with Gasteiger partial charge in [0, 0.05) is 12.6 Å². The number of amides is 1. The van der Waals surface area contributed by atoms with Crippen molar-refractivity contribution in [3.8, 4) is 11.5 Å². The zero-order valence-corrected chi connectivity index (χ0v) is 19.7. The number of rotatable bonds is 7. The maximum atomic E-state index is 13.9. The zero-order chi connectivity index (χ0) is 24.9. The van der Waals surface area contributed by atoms with E-state index in [9.17, 15) is 19.1 Å². The molecule has 0 atom stereocenters. The molecule has 3 aromatic carbocycles. The Hall–Kier alpha value is -4.11. The number of nitrogens with zero attached hydrogens (tertiary/aromatic N) is 2. The molecule has 9 heteroatoms. The molecule has 7 nitrogen and oxygen atoms in total. The molecule has 1 saturated heterocycles. The van der Waals surface area contributed by atoms with E-state index in [0.29, 0.717) is 38.4 Å². The van der Waals surface area contributed by atoms with Crippen LogP contribution in [0.25, 0.3) is 6.08 Å². The molecule has 0 spiro atoms. The second-order valence-electron chi connectivity index (χ2n) is 7.50. The van der Waals surface area contributed by atoms with Gasteiger partial charge in [0.2, 0.25) is 0 Å². The number of carboxylic acid groups (broad SMARTS) is 1. The fourth-order valence-corrected chi connectivity index (χ4v) is 4.27. The van der Waals surface area contributed by atoms with Crippen molar-refractivity contribution in [1.82, 2.24) is 4.90 Å². The molecular weight excluding hydrogens is 471 g/mol. The van der Waals surface area contributed by atoms with Gasteiger partial charge in [-0.1, -0.05) is 36.4 Å². The molecule has 0 N–H and O–H groups in total. The summed E-state index contributed by atoms with van der Waals surface area (Å²) in [6.45, 7) is 0.0432. The van der Waals surface area contributed by atoms with Crippen LogP contribution in [0.2, 0.25) is 0 Å². The number of amidine groups is 1. The smallest absolute Gasteiger partial charge is 0.266 e. The van der Waals surface area contributed by atoms with Crippen LogP contribution in [0.5, 0.6) is 11.5 Å².